The molecule has 0 radical (unpaired) electrons. The van der Waals surface area contributed by atoms with Gasteiger partial charge >= 0.3 is 11.9 Å². The van der Waals surface area contributed by atoms with Crippen LogP contribution in [0.3, 0.4) is 0 Å². The smallest absolute Gasteiger partial charge is 0.344 e. The molecule has 0 amide bonds. The molecule has 0 unspecified atom stereocenters. The van der Waals surface area contributed by atoms with Gasteiger partial charge in [0.25, 0.3) is 0 Å². The van der Waals surface area contributed by atoms with Crippen LogP contribution in [0.4, 0.5) is 0 Å². The number of rotatable bonds is 12. The fraction of sp³-hybridized carbons (Fsp3) is 0.333. The fourth-order valence-corrected chi connectivity index (χ4v) is 3.22. The number of carbonyl (C=O) groups is 2. The van der Waals surface area contributed by atoms with Gasteiger partial charge in [-0.1, -0.05) is 46.4 Å². The van der Waals surface area contributed by atoms with Crippen LogP contribution in [0.2, 0.25) is 20.1 Å². The average molecular weight is 510 g/mol. The first kappa shape index (κ1) is 25.4. The highest BCUT2D eigenvalue weighted by atomic mass is 35.5. The topological polar surface area (TPSA) is 71.1 Å². The van der Waals surface area contributed by atoms with Gasteiger partial charge in [0.2, 0.25) is 0 Å². The van der Waals surface area contributed by atoms with E-state index in [1.165, 1.54) is 12.1 Å². The van der Waals surface area contributed by atoms with Gasteiger partial charge in [-0.05, 0) is 55.7 Å². The summed E-state index contributed by atoms with van der Waals surface area (Å²) in [6, 6.07) is 9.42. The van der Waals surface area contributed by atoms with Crippen molar-refractivity contribution in [3.63, 3.8) is 0 Å². The summed E-state index contributed by atoms with van der Waals surface area (Å²) in [4.78, 5) is 23.4. The van der Waals surface area contributed by atoms with E-state index in [1.54, 1.807) is 24.3 Å². The average Bonchev–Trinajstić information content (AvgIpc) is 2.71. The fourth-order valence-electron chi connectivity index (χ4n) is 2.29. The predicted octanol–water partition coefficient (Wildman–Crippen LogP) is 6.01. The van der Waals surface area contributed by atoms with E-state index in [0.717, 1.165) is 0 Å². The van der Waals surface area contributed by atoms with Gasteiger partial charge in [-0.25, -0.2) is 9.59 Å². The van der Waals surface area contributed by atoms with Crippen molar-refractivity contribution in [2.45, 2.75) is 19.3 Å². The molecule has 0 heterocycles. The van der Waals surface area contributed by atoms with Crippen molar-refractivity contribution in [1.82, 2.24) is 0 Å². The lowest BCUT2D eigenvalue weighted by Crippen LogP contribution is -2.16. The van der Waals surface area contributed by atoms with Crippen molar-refractivity contribution < 1.29 is 28.5 Å². The van der Waals surface area contributed by atoms with Gasteiger partial charge in [-0.15, -0.1) is 0 Å². The van der Waals surface area contributed by atoms with Gasteiger partial charge in [-0.2, -0.15) is 0 Å². The summed E-state index contributed by atoms with van der Waals surface area (Å²) in [5.74, 6) is -0.301. The number of benzene rings is 2. The Morgan fingerprint density at radius 3 is 1.45 bits per heavy atom. The highest BCUT2D eigenvalue weighted by Gasteiger charge is 2.09. The molecule has 0 N–H and O–H groups in total. The summed E-state index contributed by atoms with van der Waals surface area (Å²) < 4.78 is 20.7. The summed E-state index contributed by atoms with van der Waals surface area (Å²) >= 11 is 23.5. The van der Waals surface area contributed by atoms with E-state index in [1.807, 2.05) is 0 Å². The summed E-state index contributed by atoms with van der Waals surface area (Å²) in [5, 5.41) is 1.58. The molecule has 168 valence electrons. The molecular formula is C21H20Cl4O6. The van der Waals surface area contributed by atoms with E-state index < -0.39 is 11.9 Å². The Morgan fingerprint density at radius 2 is 1.06 bits per heavy atom. The lowest BCUT2D eigenvalue weighted by molar-refractivity contribution is -0.146. The molecule has 31 heavy (non-hydrogen) atoms. The quantitative estimate of drug-likeness (QED) is 0.257. The van der Waals surface area contributed by atoms with Crippen LogP contribution in [0.25, 0.3) is 0 Å². The second-order valence-corrected chi connectivity index (χ2v) is 7.92. The molecule has 0 fully saturated rings. The van der Waals surface area contributed by atoms with Gasteiger partial charge in [-0.3, -0.25) is 0 Å². The first-order valence-electron chi connectivity index (χ1n) is 9.32. The van der Waals surface area contributed by atoms with Crippen molar-refractivity contribution in [2.75, 3.05) is 26.4 Å². The van der Waals surface area contributed by atoms with Gasteiger partial charge in [0, 0.05) is 10.0 Å². The van der Waals surface area contributed by atoms with E-state index in [9.17, 15) is 9.59 Å². The molecule has 0 saturated carbocycles. The number of esters is 2. The van der Waals surface area contributed by atoms with Crippen LogP contribution in [-0.2, 0) is 19.1 Å². The molecule has 0 aromatic heterocycles. The lowest BCUT2D eigenvalue weighted by Gasteiger charge is -2.09. The number of hydrogen-bond donors (Lipinski definition) is 0. The molecule has 2 aromatic carbocycles. The summed E-state index contributed by atoms with van der Waals surface area (Å²) in [6.07, 6.45) is 1.97. The summed E-state index contributed by atoms with van der Waals surface area (Å²) in [5.41, 5.74) is 0. The minimum absolute atomic E-state index is 0.239. The second-order valence-electron chi connectivity index (χ2n) is 6.23. The van der Waals surface area contributed by atoms with Crippen LogP contribution in [-0.4, -0.2) is 38.4 Å². The Hall–Kier alpha value is -1.86. The molecular weight excluding hydrogens is 490 g/mol. The van der Waals surface area contributed by atoms with E-state index >= 15 is 0 Å². The number of halogens is 4. The molecule has 0 spiro atoms. The maximum Gasteiger partial charge on any atom is 0.344 e. The molecule has 2 aromatic rings. The van der Waals surface area contributed by atoms with Crippen LogP contribution >= 0.6 is 46.4 Å². The second kappa shape index (κ2) is 13.5. The third-order valence-corrected chi connectivity index (χ3v) is 4.85. The maximum absolute atomic E-state index is 11.7. The number of carbonyl (C=O) groups excluding carboxylic acids is 2. The van der Waals surface area contributed by atoms with Crippen LogP contribution < -0.4 is 9.47 Å². The van der Waals surface area contributed by atoms with Gasteiger partial charge in [0.15, 0.2) is 13.2 Å². The van der Waals surface area contributed by atoms with Gasteiger partial charge in [0.05, 0.1) is 23.3 Å². The van der Waals surface area contributed by atoms with Crippen molar-refractivity contribution in [2.24, 2.45) is 0 Å². The molecule has 6 nitrogen and oxygen atoms in total. The SMILES string of the molecule is O=C(COc1ccc(Cl)cc1Cl)OCCCCCOC(=O)COc1ccc(Cl)cc1Cl. The van der Waals surface area contributed by atoms with E-state index in [-0.39, 0.29) is 26.4 Å². The standard InChI is InChI=1S/C21H20Cl4O6/c22-14-4-6-18(16(24)10-14)30-12-20(26)28-8-2-1-3-9-29-21(27)13-31-19-7-5-15(23)11-17(19)25/h4-7,10-11H,1-3,8-9,12-13H2. The third-order valence-electron chi connectivity index (χ3n) is 3.79. The van der Waals surface area contributed by atoms with Crippen molar-refractivity contribution in [3.8, 4) is 11.5 Å². The third kappa shape index (κ3) is 9.87. The molecule has 0 aliphatic carbocycles. The first-order valence-corrected chi connectivity index (χ1v) is 10.8. The highest BCUT2D eigenvalue weighted by Crippen LogP contribution is 2.28. The highest BCUT2D eigenvalue weighted by molar-refractivity contribution is 6.36. The minimum Gasteiger partial charge on any atom is -0.480 e. The number of unbranched alkanes of at least 4 members (excludes halogenated alkanes) is 2. The summed E-state index contributed by atoms with van der Waals surface area (Å²) in [6.45, 7) is -0.0292. The van der Waals surface area contributed by atoms with E-state index in [4.69, 9.17) is 65.4 Å². The summed E-state index contributed by atoms with van der Waals surface area (Å²) in [7, 11) is 0. The van der Waals surface area contributed by atoms with Crippen LogP contribution in [0.1, 0.15) is 19.3 Å². The number of ether oxygens (including phenoxy) is 4. The Morgan fingerprint density at radius 1 is 0.645 bits per heavy atom. The molecule has 0 atom stereocenters. The zero-order chi connectivity index (χ0) is 22.6. The van der Waals surface area contributed by atoms with Crippen molar-refractivity contribution in [1.29, 1.82) is 0 Å². The lowest BCUT2D eigenvalue weighted by atomic mass is 10.2. The molecule has 0 aliphatic heterocycles. The molecule has 10 heteroatoms. The van der Waals surface area contributed by atoms with Crippen molar-refractivity contribution in [3.05, 3.63) is 56.5 Å². The van der Waals surface area contributed by atoms with Crippen LogP contribution in [0.15, 0.2) is 36.4 Å². The zero-order valence-corrected chi connectivity index (χ0v) is 19.4. The Kier molecular flexibility index (Phi) is 11.1. The van der Waals surface area contributed by atoms with Crippen LogP contribution in [0, 0.1) is 0 Å². The normalized spacial score (nSPS) is 10.5. The molecule has 0 bridgehead atoms. The Labute approximate surface area is 200 Å². The predicted molar refractivity (Wildman–Crippen MR) is 120 cm³/mol. The zero-order valence-electron chi connectivity index (χ0n) is 16.4. The molecule has 0 aliphatic rings. The minimum atomic E-state index is -0.504. The van der Waals surface area contributed by atoms with E-state index in [2.05, 4.69) is 0 Å². The monoisotopic (exact) mass is 508 g/mol. The maximum atomic E-state index is 11.7. The largest absolute Gasteiger partial charge is 0.480 e. The van der Waals surface area contributed by atoms with E-state index in [0.29, 0.717) is 50.9 Å². The molecule has 0 saturated heterocycles. The van der Waals surface area contributed by atoms with Gasteiger partial charge < -0.3 is 18.9 Å². The van der Waals surface area contributed by atoms with Crippen molar-refractivity contribution >= 4 is 58.3 Å². The Balaban J connectivity index is 1.49. The Bertz CT molecular complexity index is 819. The first-order chi connectivity index (χ1) is 14.8. The number of hydrogen-bond acceptors (Lipinski definition) is 6. The van der Waals surface area contributed by atoms with Gasteiger partial charge in [0.1, 0.15) is 11.5 Å². The van der Waals surface area contributed by atoms with Crippen LogP contribution in [0.5, 0.6) is 11.5 Å². The molecule has 2 rings (SSSR count).